The maximum Gasteiger partial charge on any atom is 0.306 e. The molecule has 5 heteroatoms. The Hall–Kier alpha value is -2.69. The minimum Gasteiger partial charge on any atom is -0.497 e. The Labute approximate surface area is 159 Å². The molecular weight excluding hydrogens is 344 g/mol. The van der Waals surface area contributed by atoms with E-state index in [4.69, 9.17) is 19.3 Å². The molecule has 0 aliphatic heterocycles. The zero-order valence-corrected chi connectivity index (χ0v) is 15.8. The smallest absolute Gasteiger partial charge is 0.306 e. The average Bonchev–Trinajstić information content (AvgIpc) is 2.64. The zero-order valence-electron chi connectivity index (χ0n) is 15.8. The fourth-order valence-electron chi connectivity index (χ4n) is 3.17. The van der Waals surface area contributed by atoms with Crippen molar-refractivity contribution in [3.05, 3.63) is 54.1 Å². The van der Waals surface area contributed by atoms with Crippen molar-refractivity contribution in [2.45, 2.75) is 32.3 Å². The number of carboxylic acids is 1. The van der Waals surface area contributed by atoms with E-state index in [2.05, 4.69) is 0 Å². The number of benzene rings is 2. The standard InChI is InChI=1S/C22H26O5/c1-15(22(23)24)10-16-4-3-5-20(11-16)26-14-17-12-21(13-17)27-19-8-6-18(25-2)7-9-19/h3-9,11,15,17,21H,10,12-14H2,1-2H3,(H,23,24). The second kappa shape index (κ2) is 8.80. The molecule has 2 aromatic rings. The first-order valence-corrected chi connectivity index (χ1v) is 9.28. The molecule has 1 atom stereocenters. The van der Waals surface area contributed by atoms with E-state index in [-0.39, 0.29) is 6.10 Å². The lowest BCUT2D eigenvalue weighted by Crippen LogP contribution is -2.36. The highest BCUT2D eigenvalue weighted by Crippen LogP contribution is 2.32. The van der Waals surface area contributed by atoms with Crippen LogP contribution in [0.5, 0.6) is 17.2 Å². The SMILES string of the molecule is COc1ccc(OC2CC(COc3cccc(CC(C)C(=O)O)c3)C2)cc1. The Balaban J connectivity index is 1.41. The highest BCUT2D eigenvalue weighted by Gasteiger charge is 2.31. The molecular formula is C22H26O5. The second-order valence-electron chi connectivity index (χ2n) is 7.15. The minimum atomic E-state index is -0.779. The molecule has 1 N–H and O–H groups in total. The monoisotopic (exact) mass is 370 g/mol. The van der Waals surface area contributed by atoms with Gasteiger partial charge in [0.1, 0.15) is 17.2 Å². The van der Waals surface area contributed by atoms with Gasteiger partial charge < -0.3 is 19.3 Å². The van der Waals surface area contributed by atoms with Crippen LogP contribution in [0.2, 0.25) is 0 Å². The predicted molar refractivity (Wildman–Crippen MR) is 103 cm³/mol. The molecule has 27 heavy (non-hydrogen) atoms. The summed E-state index contributed by atoms with van der Waals surface area (Å²) >= 11 is 0. The Morgan fingerprint density at radius 3 is 2.48 bits per heavy atom. The van der Waals surface area contributed by atoms with E-state index in [0.717, 1.165) is 35.7 Å². The minimum absolute atomic E-state index is 0.231. The lowest BCUT2D eigenvalue weighted by atomic mass is 9.83. The number of aliphatic carboxylic acids is 1. The molecule has 144 valence electrons. The lowest BCUT2D eigenvalue weighted by molar-refractivity contribution is -0.141. The van der Waals surface area contributed by atoms with E-state index >= 15 is 0 Å². The first-order valence-electron chi connectivity index (χ1n) is 9.28. The van der Waals surface area contributed by atoms with Crippen LogP contribution in [0.3, 0.4) is 0 Å². The Bertz CT molecular complexity index is 750. The van der Waals surface area contributed by atoms with Crippen LogP contribution in [0, 0.1) is 11.8 Å². The van der Waals surface area contributed by atoms with Gasteiger partial charge in [0.2, 0.25) is 0 Å². The van der Waals surface area contributed by atoms with Crippen LogP contribution < -0.4 is 14.2 Å². The average molecular weight is 370 g/mol. The van der Waals surface area contributed by atoms with Crippen molar-refractivity contribution in [1.82, 2.24) is 0 Å². The molecule has 2 aromatic carbocycles. The maximum atomic E-state index is 11.0. The summed E-state index contributed by atoms with van der Waals surface area (Å²) in [4.78, 5) is 11.0. The van der Waals surface area contributed by atoms with E-state index < -0.39 is 11.9 Å². The first-order chi connectivity index (χ1) is 13.0. The van der Waals surface area contributed by atoms with Gasteiger partial charge >= 0.3 is 5.97 Å². The normalized spacial score (nSPS) is 19.6. The predicted octanol–water partition coefficient (Wildman–Crippen LogP) is 4.19. The van der Waals surface area contributed by atoms with Gasteiger partial charge in [0, 0.05) is 0 Å². The van der Waals surface area contributed by atoms with Crippen LogP contribution in [0.25, 0.3) is 0 Å². The molecule has 0 amide bonds. The van der Waals surface area contributed by atoms with Crippen LogP contribution in [-0.2, 0) is 11.2 Å². The maximum absolute atomic E-state index is 11.0. The van der Waals surface area contributed by atoms with Gasteiger partial charge in [-0.05, 0) is 67.1 Å². The van der Waals surface area contributed by atoms with Gasteiger partial charge in [-0.15, -0.1) is 0 Å². The third kappa shape index (κ3) is 5.39. The molecule has 0 radical (unpaired) electrons. The molecule has 1 aliphatic rings. The third-order valence-electron chi connectivity index (χ3n) is 4.90. The van der Waals surface area contributed by atoms with Crippen LogP contribution >= 0.6 is 0 Å². The van der Waals surface area contributed by atoms with E-state index in [9.17, 15) is 4.79 Å². The van der Waals surface area contributed by atoms with Crippen molar-refractivity contribution in [1.29, 1.82) is 0 Å². The summed E-state index contributed by atoms with van der Waals surface area (Å²) in [6.07, 6.45) is 2.69. The Morgan fingerprint density at radius 2 is 1.81 bits per heavy atom. The molecule has 0 spiro atoms. The molecule has 0 saturated heterocycles. The summed E-state index contributed by atoms with van der Waals surface area (Å²) in [6, 6.07) is 15.3. The molecule has 0 aromatic heterocycles. The number of hydrogen-bond acceptors (Lipinski definition) is 4. The van der Waals surface area contributed by atoms with Gasteiger partial charge in [-0.1, -0.05) is 19.1 Å². The molecule has 1 unspecified atom stereocenters. The van der Waals surface area contributed by atoms with E-state index in [0.29, 0.717) is 18.9 Å². The second-order valence-corrected chi connectivity index (χ2v) is 7.15. The van der Waals surface area contributed by atoms with Gasteiger partial charge in [-0.2, -0.15) is 0 Å². The summed E-state index contributed by atoms with van der Waals surface area (Å²) in [5, 5.41) is 9.04. The number of carboxylic acid groups (broad SMARTS) is 1. The van der Waals surface area contributed by atoms with Crippen LogP contribution in [0.1, 0.15) is 25.3 Å². The molecule has 1 aliphatic carbocycles. The molecule has 1 saturated carbocycles. The number of carbonyl (C=O) groups is 1. The zero-order chi connectivity index (χ0) is 19.2. The molecule has 1 fully saturated rings. The lowest BCUT2D eigenvalue weighted by Gasteiger charge is -2.35. The number of hydrogen-bond donors (Lipinski definition) is 1. The molecule has 3 rings (SSSR count). The van der Waals surface area contributed by atoms with Gasteiger partial charge in [0.15, 0.2) is 0 Å². The largest absolute Gasteiger partial charge is 0.497 e. The van der Waals surface area contributed by atoms with Crippen LogP contribution in [0.15, 0.2) is 48.5 Å². The van der Waals surface area contributed by atoms with Crippen molar-refractivity contribution >= 4 is 5.97 Å². The summed E-state index contributed by atoms with van der Waals surface area (Å²) in [5.74, 6) is 1.78. The number of methoxy groups -OCH3 is 1. The van der Waals surface area contributed by atoms with E-state index in [1.54, 1.807) is 14.0 Å². The van der Waals surface area contributed by atoms with Crippen molar-refractivity contribution < 1.29 is 24.1 Å². The van der Waals surface area contributed by atoms with Crippen molar-refractivity contribution in [3.63, 3.8) is 0 Å². The molecule has 0 heterocycles. The summed E-state index contributed by atoms with van der Waals surface area (Å²) in [6.45, 7) is 2.37. The van der Waals surface area contributed by atoms with E-state index in [1.165, 1.54) is 0 Å². The fraction of sp³-hybridized carbons (Fsp3) is 0.409. The summed E-state index contributed by atoms with van der Waals surface area (Å²) < 4.78 is 17.0. The van der Waals surface area contributed by atoms with Gasteiger partial charge in [0.25, 0.3) is 0 Å². The van der Waals surface area contributed by atoms with Crippen molar-refractivity contribution in [2.24, 2.45) is 11.8 Å². The number of rotatable bonds is 9. The fourth-order valence-corrected chi connectivity index (χ4v) is 3.17. The molecule has 0 bridgehead atoms. The van der Waals surface area contributed by atoms with Gasteiger partial charge in [0.05, 0.1) is 25.7 Å². The summed E-state index contributed by atoms with van der Waals surface area (Å²) in [5.41, 5.74) is 0.983. The van der Waals surface area contributed by atoms with Gasteiger partial charge in [-0.3, -0.25) is 4.79 Å². The summed E-state index contributed by atoms with van der Waals surface area (Å²) in [7, 11) is 1.65. The Morgan fingerprint density at radius 1 is 1.11 bits per heavy atom. The van der Waals surface area contributed by atoms with Crippen LogP contribution in [-0.4, -0.2) is 30.9 Å². The van der Waals surface area contributed by atoms with Crippen molar-refractivity contribution in [2.75, 3.05) is 13.7 Å². The van der Waals surface area contributed by atoms with E-state index in [1.807, 2.05) is 48.5 Å². The Kier molecular flexibility index (Phi) is 6.22. The first kappa shape index (κ1) is 19.1. The molecule has 5 nitrogen and oxygen atoms in total. The topological polar surface area (TPSA) is 65.0 Å². The number of ether oxygens (including phenoxy) is 3. The van der Waals surface area contributed by atoms with Gasteiger partial charge in [-0.25, -0.2) is 0 Å². The third-order valence-corrected chi connectivity index (χ3v) is 4.90. The highest BCUT2D eigenvalue weighted by atomic mass is 16.5. The highest BCUT2D eigenvalue weighted by molar-refractivity contribution is 5.69. The van der Waals surface area contributed by atoms with Crippen molar-refractivity contribution in [3.8, 4) is 17.2 Å². The quantitative estimate of drug-likeness (QED) is 0.717. The van der Waals surface area contributed by atoms with Crippen LogP contribution in [0.4, 0.5) is 0 Å².